The molecule has 0 aromatic rings. The van der Waals surface area contributed by atoms with Gasteiger partial charge in [-0.2, -0.15) is 0 Å². The molecule has 0 rings (SSSR count). The highest BCUT2D eigenvalue weighted by Gasteiger charge is 2.12. The minimum Gasteiger partial charge on any atom is -0.463 e. The first-order valence-corrected chi connectivity index (χ1v) is 20.7. The quantitative estimate of drug-likeness (QED) is 0.0292. The van der Waals surface area contributed by atoms with Gasteiger partial charge in [0.2, 0.25) is 0 Å². The van der Waals surface area contributed by atoms with E-state index >= 15 is 0 Å². The SMILES string of the molecule is CCCCC[C@@H](O)/C=C/C=C\C/C=C\C/C=C\CCCC(=O)OC[C@@H](O)COC(=O)CCCCCCCCCCCCCCCCCC(C)C. The number of ether oxygens (including phenoxy) is 2. The van der Waals surface area contributed by atoms with Crippen LogP contribution in [0.15, 0.2) is 48.6 Å². The molecule has 0 aromatic carbocycles. The van der Waals surface area contributed by atoms with Crippen LogP contribution in [0.25, 0.3) is 0 Å². The lowest BCUT2D eigenvalue weighted by Crippen LogP contribution is -2.25. The number of allylic oxidation sites excluding steroid dienone is 7. The molecule has 0 aromatic heterocycles. The molecule has 6 nitrogen and oxygen atoms in total. The molecule has 2 N–H and O–H groups in total. The summed E-state index contributed by atoms with van der Waals surface area (Å²) in [4.78, 5) is 23.9. The zero-order valence-electron chi connectivity index (χ0n) is 32.7. The Bertz CT molecular complexity index is 874. The molecular formula is C44H78O6. The highest BCUT2D eigenvalue weighted by molar-refractivity contribution is 5.69. The van der Waals surface area contributed by atoms with E-state index in [-0.39, 0.29) is 37.7 Å². The van der Waals surface area contributed by atoms with Crippen LogP contribution in [0.4, 0.5) is 0 Å². The second-order valence-corrected chi connectivity index (χ2v) is 14.4. The molecule has 0 aliphatic heterocycles. The third-order valence-corrected chi connectivity index (χ3v) is 8.85. The molecule has 0 bridgehead atoms. The maximum absolute atomic E-state index is 12.0. The third-order valence-electron chi connectivity index (χ3n) is 8.85. The highest BCUT2D eigenvalue weighted by atomic mass is 16.6. The van der Waals surface area contributed by atoms with Crippen molar-refractivity contribution in [2.45, 2.75) is 200 Å². The van der Waals surface area contributed by atoms with Gasteiger partial charge in [0, 0.05) is 12.8 Å². The predicted octanol–water partition coefficient (Wildman–Crippen LogP) is 11.8. The number of unbranched alkanes of at least 4 members (excludes halogenated alkanes) is 17. The number of carbonyl (C=O) groups excluding carboxylic acids is 2. The fourth-order valence-electron chi connectivity index (χ4n) is 5.67. The summed E-state index contributed by atoms with van der Waals surface area (Å²) in [6.45, 7) is 6.49. The van der Waals surface area contributed by atoms with Crippen LogP contribution in [-0.4, -0.2) is 47.6 Å². The molecule has 0 saturated carbocycles. The zero-order chi connectivity index (χ0) is 36.8. The molecule has 0 aliphatic carbocycles. The van der Waals surface area contributed by atoms with Crippen molar-refractivity contribution >= 4 is 11.9 Å². The summed E-state index contributed by atoms with van der Waals surface area (Å²) >= 11 is 0. The van der Waals surface area contributed by atoms with Gasteiger partial charge in [0.25, 0.3) is 0 Å². The largest absolute Gasteiger partial charge is 0.463 e. The second-order valence-electron chi connectivity index (χ2n) is 14.4. The number of aliphatic hydroxyl groups is 2. The van der Waals surface area contributed by atoms with Crippen LogP contribution in [0.5, 0.6) is 0 Å². The first-order valence-electron chi connectivity index (χ1n) is 20.7. The lowest BCUT2D eigenvalue weighted by Gasteiger charge is -2.12. The lowest BCUT2D eigenvalue weighted by atomic mass is 10.0. The number of hydrogen-bond acceptors (Lipinski definition) is 6. The molecule has 0 aliphatic rings. The van der Waals surface area contributed by atoms with Crippen LogP contribution >= 0.6 is 0 Å². The number of esters is 2. The fourth-order valence-corrected chi connectivity index (χ4v) is 5.67. The Hall–Kier alpha value is -2.18. The van der Waals surface area contributed by atoms with E-state index in [1.54, 1.807) is 0 Å². The van der Waals surface area contributed by atoms with Crippen LogP contribution in [0.1, 0.15) is 188 Å². The van der Waals surface area contributed by atoms with Gasteiger partial charge in [-0.1, -0.05) is 185 Å². The smallest absolute Gasteiger partial charge is 0.305 e. The Morgan fingerprint density at radius 2 is 1.00 bits per heavy atom. The molecule has 0 fully saturated rings. The van der Waals surface area contributed by atoms with Gasteiger partial charge < -0.3 is 19.7 Å². The summed E-state index contributed by atoms with van der Waals surface area (Å²) in [6.07, 6.45) is 43.6. The summed E-state index contributed by atoms with van der Waals surface area (Å²) in [6, 6.07) is 0. The van der Waals surface area contributed by atoms with Crippen molar-refractivity contribution in [3.05, 3.63) is 48.6 Å². The molecule has 50 heavy (non-hydrogen) atoms. The van der Waals surface area contributed by atoms with Gasteiger partial charge in [-0.3, -0.25) is 9.59 Å². The number of rotatable bonds is 36. The average Bonchev–Trinajstić information content (AvgIpc) is 3.09. The minimum absolute atomic E-state index is 0.143. The van der Waals surface area contributed by atoms with Gasteiger partial charge >= 0.3 is 11.9 Å². The maximum Gasteiger partial charge on any atom is 0.305 e. The van der Waals surface area contributed by atoms with Crippen molar-refractivity contribution in [1.82, 2.24) is 0 Å². The van der Waals surface area contributed by atoms with Gasteiger partial charge in [-0.05, 0) is 44.4 Å². The monoisotopic (exact) mass is 703 g/mol. The zero-order valence-corrected chi connectivity index (χ0v) is 32.7. The van der Waals surface area contributed by atoms with E-state index < -0.39 is 6.10 Å². The van der Waals surface area contributed by atoms with Gasteiger partial charge in [0.1, 0.15) is 19.3 Å². The van der Waals surface area contributed by atoms with E-state index in [2.05, 4.69) is 51.2 Å². The molecule has 0 saturated heterocycles. The average molecular weight is 703 g/mol. The maximum atomic E-state index is 12.0. The van der Waals surface area contributed by atoms with Gasteiger partial charge in [-0.15, -0.1) is 0 Å². The van der Waals surface area contributed by atoms with Gasteiger partial charge in [0.15, 0.2) is 0 Å². The Labute approximate surface area is 308 Å². The van der Waals surface area contributed by atoms with E-state index in [1.165, 1.54) is 89.9 Å². The van der Waals surface area contributed by atoms with E-state index in [0.29, 0.717) is 12.8 Å². The topological polar surface area (TPSA) is 93.1 Å². The molecule has 290 valence electrons. The van der Waals surface area contributed by atoms with E-state index in [0.717, 1.165) is 63.7 Å². The molecule has 0 radical (unpaired) electrons. The fraction of sp³-hybridized carbons (Fsp3) is 0.773. The van der Waals surface area contributed by atoms with Crippen molar-refractivity contribution in [2.24, 2.45) is 5.92 Å². The first kappa shape index (κ1) is 47.8. The minimum atomic E-state index is -0.998. The van der Waals surface area contributed by atoms with Gasteiger partial charge in [0.05, 0.1) is 6.10 Å². The molecule has 0 heterocycles. The normalized spacial score (nSPS) is 13.4. The van der Waals surface area contributed by atoms with E-state index in [1.807, 2.05) is 18.2 Å². The molecule has 0 spiro atoms. The Balaban J connectivity index is 3.55. The van der Waals surface area contributed by atoms with Crippen molar-refractivity contribution in [1.29, 1.82) is 0 Å². The molecule has 2 atom stereocenters. The molecular weight excluding hydrogens is 624 g/mol. The van der Waals surface area contributed by atoms with Crippen molar-refractivity contribution in [3.63, 3.8) is 0 Å². The Morgan fingerprint density at radius 1 is 0.540 bits per heavy atom. The Kier molecular flexibility index (Phi) is 36.4. The highest BCUT2D eigenvalue weighted by Crippen LogP contribution is 2.15. The standard InChI is InChI=1S/C44H78O6/c1-4-5-28-34-41(45)35-30-25-21-17-13-11-15-19-23-27-32-37-44(48)50-39-42(46)38-49-43(47)36-31-26-22-18-14-10-8-6-7-9-12-16-20-24-29-33-40(2)3/h11,13,19,21,23,25,30,35,40-42,45-46H,4-10,12,14-18,20,22,24,26-29,31-34,36-39H2,1-3H3/b13-11-,23-19-,25-21-,35-30+/t41-,42+/m1/s1. The third kappa shape index (κ3) is 38.6. The lowest BCUT2D eigenvalue weighted by molar-refractivity contribution is -0.152. The summed E-state index contributed by atoms with van der Waals surface area (Å²) in [5.41, 5.74) is 0. The van der Waals surface area contributed by atoms with Crippen molar-refractivity contribution in [3.8, 4) is 0 Å². The van der Waals surface area contributed by atoms with Crippen molar-refractivity contribution in [2.75, 3.05) is 13.2 Å². The van der Waals surface area contributed by atoms with E-state index in [4.69, 9.17) is 9.47 Å². The number of aliphatic hydroxyl groups excluding tert-OH is 2. The first-order chi connectivity index (χ1) is 24.3. The Morgan fingerprint density at radius 3 is 1.54 bits per heavy atom. The summed E-state index contributed by atoms with van der Waals surface area (Å²) in [5, 5.41) is 19.9. The number of hydrogen-bond donors (Lipinski definition) is 2. The van der Waals surface area contributed by atoms with Crippen LogP contribution in [0.2, 0.25) is 0 Å². The summed E-state index contributed by atoms with van der Waals surface area (Å²) < 4.78 is 10.3. The number of carbonyl (C=O) groups is 2. The summed E-state index contributed by atoms with van der Waals surface area (Å²) in [5.74, 6) is 0.198. The molecule has 0 amide bonds. The van der Waals surface area contributed by atoms with E-state index in [9.17, 15) is 19.8 Å². The van der Waals surface area contributed by atoms with Crippen LogP contribution in [0, 0.1) is 5.92 Å². The van der Waals surface area contributed by atoms with Crippen LogP contribution < -0.4 is 0 Å². The molecule has 0 unspecified atom stereocenters. The van der Waals surface area contributed by atoms with Gasteiger partial charge in [-0.25, -0.2) is 0 Å². The predicted molar refractivity (Wildman–Crippen MR) is 211 cm³/mol. The van der Waals surface area contributed by atoms with Crippen LogP contribution in [0.3, 0.4) is 0 Å². The van der Waals surface area contributed by atoms with Crippen LogP contribution in [-0.2, 0) is 19.1 Å². The summed E-state index contributed by atoms with van der Waals surface area (Å²) in [7, 11) is 0. The second kappa shape index (κ2) is 38.1. The molecule has 6 heteroatoms. The van der Waals surface area contributed by atoms with Crippen molar-refractivity contribution < 1.29 is 29.3 Å².